The highest BCUT2D eigenvalue weighted by Gasteiger charge is 2.52. The molecule has 1 saturated carbocycles. The number of rotatable bonds is 7. The minimum absolute atomic E-state index is 0.0795. The lowest BCUT2D eigenvalue weighted by Gasteiger charge is -2.15. The van der Waals surface area contributed by atoms with Crippen LogP contribution in [0.2, 0.25) is 0 Å². The zero-order chi connectivity index (χ0) is 19.4. The lowest BCUT2D eigenvalue weighted by Crippen LogP contribution is -2.27. The van der Waals surface area contributed by atoms with Gasteiger partial charge in [-0.05, 0) is 31.1 Å². The molecular weight excluding hydrogens is 369 g/mol. The summed E-state index contributed by atoms with van der Waals surface area (Å²) in [6, 6.07) is 9.17. The van der Waals surface area contributed by atoms with Gasteiger partial charge in [0.25, 0.3) is 0 Å². The van der Waals surface area contributed by atoms with Crippen molar-refractivity contribution in [2.45, 2.75) is 35.6 Å². The minimum Gasteiger partial charge on any atom is -0.329 e. The summed E-state index contributed by atoms with van der Waals surface area (Å²) in [6.07, 6.45) is 2.94. The van der Waals surface area contributed by atoms with E-state index in [4.69, 9.17) is 5.73 Å². The normalized spacial score (nSPS) is 16.3. The first-order valence-corrected chi connectivity index (χ1v) is 9.31. The second-order valence-electron chi connectivity index (χ2n) is 6.27. The van der Waals surface area contributed by atoms with Gasteiger partial charge in [-0.15, -0.1) is 10.2 Å². The van der Waals surface area contributed by atoms with Crippen molar-refractivity contribution in [1.82, 2.24) is 14.8 Å². The van der Waals surface area contributed by atoms with E-state index in [1.54, 1.807) is 0 Å². The third-order valence-corrected chi connectivity index (χ3v) is 5.73. The molecule has 3 N–H and O–H groups in total. The lowest BCUT2D eigenvalue weighted by atomic mass is 10.1. The number of para-hydroxylation sites is 1. The molecule has 0 radical (unpaired) electrons. The summed E-state index contributed by atoms with van der Waals surface area (Å²) in [7, 11) is 0. The van der Waals surface area contributed by atoms with Crippen molar-refractivity contribution < 1.29 is 14.0 Å². The molecule has 0 spiro atoms. The molecule has 142 valence electrons. The summed E-state index contributed by atoms with van der Waals surface area (Å²) >= 11 is 1.20. The largest absolute Gasteiger partial charge is 0.329 e. The van der Waals surface area contributed by atoms with E-state index >= 15 is 0 Å². The molecule has 1 heterocycles. The van der Waals surface area contributed by atoms with Crippen LogP contribution in [0.1, 0.15) is 36.3 Å². The number of nitrogens with zero attached hydrogens (tertiary/aromatic N) is 3. The van der Waals surface area contributed by atoms with Crippen LogP contribution >= 0.6 is 11.8 Å². The smallest absolute Gasteiger partial charge is 0.241 e. The number of halogens is 1. The Morgan fingerprint density at radius 3 is 2.63 bits per heavy atom. The van der Waals surface area contributed by atoms with Crippen LogP contribution in [0.15, 0.2) is 47.9 Å². The molecule has 1 unspecified atom stereocenters. The van der Waals surface area contributed by atoms with Crippen molar-refractivity contribution in [2.75, 3.05) is 11.9 Å². The van der Waals surface area contributed by atoms with Gasteiger partial charge in [0.05, 0.1) is 12.2 Å². The van der Waals surface area contributed by atoms with Gasteiger partial charge in [0, 0.05) is 19.2 Å². The second kappa shape index (κ2) is 8.01. The van der Waals surface area contributed by atoms with Crippen LogP contribution in [-0.2, 0) is 4.79 Å². The zero-order valence-corrected chi connectivity index (χ0v) is 15.6. The van der Waals surface area contributed by atoms with Gasteiger partial charge < -0.3 is 11.1 Å². The van der Waals surface area contributed by atoms with Crippen LogP contribution in [-0.4, -0.2) is 37.9 Å². The Kier molecular flexibility index (Phi) is 5.71. The zero-order valence-electron chi connectivity index (χ0n) is 14.8. The van der Waals surface area contributed by atoms with E-state index in [1.165, 1.54) is 29.3 Å². The molecule has 1 atom stereocenters. The highest BCUT2D eigenvalue weighted by atomic mass is 32.2. The Morgan fingerprint density at radius 2 is 2.07 bits per heavy atom. The van der Waals surface area contributed by atoms with Gasteiger partial charge in [0.1, 0.15) is 10.6 Å². The first-order chi connectivity index (χ1) is 13.0. The summed E-state index contributed by atoms with van der Waals surface area (Å²) in [6.45, 7) is 1.45. The van der Waals surface area contributed by atoms with E-state index in [-0.39, 0.29) is 24.2 Å². The number of nitrogens with one attached hydrogen (secondary N) is 1. The summed E-state index contributed by atoms with van der Waals surface area (Å²) in [5.41, 5.74) is 6.37. The predicted octanol–water partition coefficient (Wildman–Crippen LogP) is 2.73. The number of nitrogens with two attached hydrogens (primary N) is 1. The van der Waals surface area contributed by atoms with Crippen molar-refractivity contribution in [2.24, 2.45) is 5.73 Å². The number of amides is 1. The van der Waals surface area contributed by atoms with Gasteiger partial charge in [-0.25, -0.2) is 8.96 Å². The molecule has 0 bridgehead atoms. The number of hydrogen-bond donors (Lipinski definition) is 2. The molecule has 0 saturated heterocycles. The maximum absolute atomic E-state index is 12.7. The Bertz CT molecular complexity index is 864. The Balaban J connectivity index is 1.83. The average molecular weight is 389 g/mol. The Labute approximate surface area is 160 Å². The van der Waals surface area contributed by atoms with Crippen molar-refractivity contribution in [3.63, 3.8) is 0 Å². The molecular formula is C18H20FN5O2S. The number of carbonyl (C=O) groups excluding carboxylic acids is 2. The molecule has 1 fully saturated rings. The molecule has 1 aliphatic rings. The van der Waals surface area contributed by atoms with E-state index in [0.29, 0.717) is 30.0 Å². The number of thioether (sulfide) groups is 1. The van der Waals surface area contributed by atoms with Gasteiger partial charge in [-0.1, -0.05) is 30.0 Å². The Morgan fingerprint density at radius 1 is 1.37 bits per heavy atom. The molecule has 27 heavy (non-hydrogen) atoms. The molecule has 7 nitrogen and oxygen atoms in total. The van der Waals surface area contributed by atoms with E-state index in [9.17, 15) is 14.0 Å². The fourth-order valence-corrected chi connectivity index (χ4v) is 3.87. The number of benzene rings is 1. The fourth-order valence-electron chi connectivity index (χ4n) is 2.67. The lowest BCUT2D eigenvalue weighted by molar-refractivity contribution is -0.116. The van der Waals surface area contributed by atoms with Crippen molar-refractivity contribution in [3.05, 3.63) is 48.6 Å². The quantitative estimate of drug-likeness (QED) is 0.755. The first-order valence-electron chi connectivity index (χ1n) is 8.49. The molecule has 1 amide bonds. The van der Waals surface area contributed by atoms with Gasteiger partial charge in [0.15, 0.2) is 5.16 Å². The number of aromatic nitrogens is 3. The number of anilines is 1. The van der Waals surface area contributed by atoms with Crippen molar-refractivity contribution in [1.29, 1.82) is 0 Å². The standard InChI is InChI=1S/C18H20FN5O2S/c1-12(25)24-15(13(11-20)7-10-19)22-23-17(24)27-18(8-9-18)16(26)21-14-5-3-2-4-6-14/h2-7,10,13H,8-9,11,20H2,1H3,(H,21,26)/b10-7-. The van der Waals surface area contributed by atoms with Crippen LogP contribution in [0, 0.1) is 0 Å². The number of hydrogen-bond acceptors (Lipinski definition) is 6. The van der Waals surface area contributed by atoms with Gasteiger partial charge >= 0.3 is 0 Å². The molecule has 2 aromatic rings. The van der Waals surface area contributed by atoms with Crippen molar-refractivity contribution >= 4 is 29.3 Å². The Hall–Kier alpha value is -2.52. The highest BCUT2D eigenvalue weighted by Crippen LogP contribution is 2.52. The third-order valence-electron chi connectivity index (χ3n) is 4.30. The summed E-state index contributed by atoms with van der Waals surface area (Å²) < 4.78 is 13.2. The van der Waals surface area contributed by atoms with Gasteiger partial charge in [-0.3, -0.25) is 9.59 Å². The van der Waals surface area contributed by atoms with E-state index < -0.39 is 10.7 Å². The van der Waals surface area contributed by atoms with Crippen LogP contribution < -0.4 is 11.1 Å². The second-order valence-corrected chi connectivity index (χ2v) is 7.62. The molecule has 3 rings (SSSR count). The van der Waals surface area contributed by atoms with E-state index in [1.807, 2.05) is 30.3 Å². The summed E-state index contributed by atoms with van der Waals surface area (Å²) in [5.74, 6) is -0.769. The third kappa shape index (κ3) is 4.09. The van der Waals surface area contributed by atoms with Crippen LogP contribution in [0.4, 0.5) is 10.1 Å². The van der Waals surface area contributed by atoms with Crippen LogP contribution in [0.5, 0.6) is 0 Å². The van der Waals surface area contributed by atoms with Gasteiger partial charge in [0.2, 0.25) is 11.8 Å². The SMILES string of the molecule is CC(=O)n1c(SC2(C(=O)Nc3ccccc3)CC2)nnc1C(/C=C\F)CN. The molecule has 1 aromatic carbocycles. The maximum Gasteiger partial charge on any atom is 0.241 e. The minimum atomic E-state index is -0.693. The van der Waals surface area contributed by atoms with Crippen LogP contribution in [0.25, 0.3) is 0 Å². The average Bonchev–Trinajstić information content (AvgIpc) is 3.32. The molecule has 1 aliphatic carbocycles. The van der Waals surface area contributed by atoms with E-state index in [0.717, 1.165) is 0 Å². The van der Waals surface area contributed by atoms with Gasteiger partial charge in [-0.2, -0.15) is 0 Å². The van der Waals surface area contributed by atoms with Crippen molar-refractivity contribution in [3.8, 4) is 0 Å². The number of carbonyl (C=O) groups is 2. The molecule has 9 heteroatoms. The topological polar surface area (TPSA) is 103 Å². The molecule has 1 aromatic heterocycles. The maximum atomic E-state index is 12.7. The summed E-state index contributed by atoms with van der Waals surface area (Å²) in [4.78, 5) is 24.9. The highest BCUT2D eigenvalue weighted by molar-refractivity contribution is 8.01. The predicted molar refractivity (Wildman–Crippen MR) is 101 cm³/mol. The summed E-state index contributed by atoms with van der Waals surface area (Å²) in [5, 5.41) is 11.3. The fraction of sp³-hybridized carbons (Fsp3) is 0.333. The molecule has 0 aliphatic heterocycles. The van der Waals surface area contributed by atoms with E-state index in [2.05, 4.69) is 15.5 Å². The monoisotopic (exact) mass is 389 g/mol. The first kappa shape index (κ1) is 19.2. The van der Waals surface area contributed by atoms with Crippen LogP contribution in [0.3, 0.4) is 0 Å².